The first-order valence-electron chi connectivity index (χ1n) is 8.77. The molecule has 1 atom stereocenters. The Hall–Kier alpha value is -3.62. The Morgan fingerprint density at radius 3 is 2.50 bits per heavy atom. The highest BCUT2D eigenvalue weighted by molar-refractivity contribution is 6.24. The maximum absolute atomic E-state index is 12.7. The SMILES string of the molecule is Cc1cc(C)cc(C(=O)Nc2cc(C)nn2C2=NC(=O)C3C=NN(C)C3=N2)c1. The van der Waals surface area contributed by atoms with Gasteiger partial charge in [0, 0.05) is 24.9 Å². The third-order valence-electron chi connectivity index (χ3n) is 4.44. The Labute approximate surface area is 161 Å². The highest BCUT2D eigenvalue weighted by atomic mass is 16.2. The first-order chi connectivity index (χ1) is 13.3. The van der Waals surface area contributed by atoms with Crippen molar-refractivity contribution in [2.45, 2.75) is 20.8 Å². The van der Waals surface area contributed by atoms with E-state index in [0.717, 1.165) is 11.1 Å². The third kappa shape index (κ3) is 3.11. The second-order valence-electron chi connectivity index (χ2n) is 6.90. The number of aromatic nitrogens is 2. The predicted octanol–water partition coefficient (Wildman–Crippen LogP) is 1.75. The number of aliphatic imine (C=N–C) groups is 2. The van der Waals surface area contributed by atoms with E-state index in [1.165, 1.54) is 15.9 Å². The number of anilines is 1. The molecule has 1 aromatic heterocycles. The molecule has 9 nitrogen and oxygen atoms in total. The summed E-state index contributed by atoms with van der Waals surface area (Å²) in [7, 11) is 1.71. The average molecular weight is 377 g/mol. The minimum atomic E-state index is -0.571. The van der Waals surface area contributed by atoms with Gasteiger partial charge in [-0.15, -0.1) is 0 Å². The molecule has 0 bridgehead atoms. The van der Waals surface area contributed by atoms with Crippen molar-refractivity contribution < 1.29 is 9.59 Å². The highest BCUT2D eigenvalue weighted by Crippen LogP contribution is 2.20. The number of nitrogens with one attached hydrogen (secondary N) is 1. The highest BCUT2D eigenvalue weighted by Gasteiger charge is 2.35. The molecule has 0 saturated carbocycles. The Balaban J connectivity index is 1.67. The van der Waals surface area contributed by atoms with Crippen LogP contribution in [-0.2, 0) is 4.79 Å². The maximum atomic E-state index is 12.7. The predicted molar refractivity (Wildman–Crippen MR) is 106 cm³/mol. The molecule has 2 aromatic rings. The third-order valence-corrected chi connectivity index (χ3v) is 4.44. The number of fused-ring (bicyclic) bond motifs is 1. The molecule has 0 saturated heterocycles. The summed E-state index contributed by atoms with van der Waals surface area (Å²) in [6.07, 6.45) is 1.51. The number of benzene rings is 1. The molecule has 1 N–H and O–H groups in total. The van der Waals surface area contributed by atoms with Crippen molar-refractivity contribution in [3.8, 4) is 0 Å². The summed E-state index contributed by atoms with van der Waals surface area (Å²) in [5.41, 5.74) is 3.20. The van der Waals surface area contributed by atoms with Crippen molar-refractivity contribution in [1.82, 2.24) is 14.8 Å². The van der Waals surface area contributed by atoms with E-state index >= 15 is 0 Å². The molecule has 2 amide bonds. The van der Waals surface area contributed by atoms with Crippen LogP contribution in [0, 0.1) is 26.7 Å². The fraction of sp³-hybridized carbons (Fsp3) is 0.263. The monoisotopic (exact) mass is 377 g/mol. The van der Waals surface area contributed by atoms with Gasteiger partial charge in [0.15, 0.2) is 0 Å². The van der Waals surface area contributed by atoms with E-state index in [0.29, 0.717) is 22.9 Å². The summed E-state index contributed by atoms with van der Waals surface area (Å²) in [6, 6.07) is 7.33. The summed E-state index contributed by atoms with van der Waals surface area (Å²) in [5, 5.41) is 12.8. The Bertz CT molecular complexity index is 1070. The number of carbonyl (C=O) groups is 2. The van der Waals surface area contributed by atoms with Crippen molar-refractivity contribution in [1.29, 1.82) is 0 Å². The van der Waals surface area contributed by atoms with Crippen LogP contribution < -0.4 is 5.32 Å². The van der Waals surface area contributed by atoms with Crippen molar-refractivity contribution in [2.24, 2.45) is 21.0 Å². The van der Waals surface area contributed by atoms with Crippen molar-refractivity contribution in [3.05, 3.63) is 46.6 Å². The number of carbonyl (C=O) groups excluding carboxylic acids is 2. The summed E-state index contributed by atoms with van der Waals surface area (Å²) >= 11 is 0. The van der Waals surface area contributed by atoms with Gasteiger partial charge in [-0.1, -0.05) is 17.2 Å². The number of hydrogen-bond acceptors (Lipinski definition) is 6. The number of amides is 2. The van der Waals surface area contributed by atoms with Crippen LogP contribution in [0.1, 0.15) is 27.2 Å². The van der Waals surface area contributed by atoms with Crippen LogP contribution in [0.4, 0.5) is 5.82 Å². The summed E-state index contributed by atoms with van der Waals surface area (Å²) in [6.45, 7) is 5.66. The normalized spacial score (nSPS) is 18.1. The van der Waals surface area contributed by atoms with Gasteiger partial charge < -0.3 is 5.32 Å². The number of hydrazone groups is 1. The fourth-order valence-corrected chi connectivity index (χ4v) is 3.24. The molecule has 0 radical (unpaired) electrons. The van der Waals surface area contributed by atoms with Gasteiger partial charge in [0.05, 0.1) is 5.69 Å². The van der Waals surface area contributed by atoms with Gasteiger partial charge in [-0.05, 0) is 32.9 Å². The minimum absolute atomic E-state index is 0.0948. The zero-order valence-electron chi connectivity index (χ0n) is 16.0. The molecule has 3 heterocycles. The van der Waals surface area contributed by atoms with E-state index in [4.69, 9.17) is 0 Å². The molecule has 28 heavy (non-hydrogen) atoms. The standard InChI is InChI=1S/C19H19N7O2/c1-10-5-11(2)7-13(6-10)17(27)21-15-8-12(3)24-26(15)19-22-16-14(18(28)23-19)9-20-25(16)4/h5-9,14H,1-4H3,(H,21,27). The summed E-state index contributed by atoms with van der Waals surface area (Å²) in [4.78, 5) is 33.5. The van der Waals surface area contributed by atoms with Gasteiger partial charge in [-0.2, -0.15) is 24.9 Å². The smallest absolute Gasteiger partial charge is 0.265 e. The van der Waals surface area contributed by atoms with Crippen molar-refractivity contribution >= 4 is 35.6 Å². The van der Waals surface area contributed by atoms with Crippen LogP contribution in [0.5, 0.6) is 0 Å². The molecule has 4 rings (SSSR count). The van der Waals surface area contributed by atoms with Crippen LogP contribution in [0.25, 0.3) is 0 Å². The first-order valence-corrected chi connectivity index (χ1v) is 8.77. The van der Waals surface area contributed by atoms with Crippen LogP contribution in [-0.4, -0.2) is 51.7 Å². The van der Waals surface area contributed by atoms with Gasteiger partial charge in [0.1, 0.15) is 17.6 Å². The largest absolute Gasteiger partial charge is 0.306 e. The molecule has 0 aliphatic carbocycles. The van der Waals surface area contributed by atoms with E-state index in [1.54, 1.807) is 20.0 Å². The van der Waals surface area contributed by atoms with Crippen LogP contribution in [0.15, 0.2) is 39.4 Å². The molecular weight excluding hydrogens is 358 g/mol. The lowest BCUT2D eigenvalue weighted by molar-refractivity contribution is -0.118. The fourth-order valence-electron chi connectivity index (χ4n) is 3.24. The van der Waals surface area contributed by atoms with Gasteiger partial charge in [-0.25, -0.2) is 0 Å². The van der Waals surface area contributed by atoms with E-state index in [-0.39, 0.29) is 17.8 Å². The van der Waals surface area contributed by atoms with Crippen molar-refractivity contribution in [3.63, 3.8) is 0 Å². The first kappa shape index (κ1) is 17.8. The van der Waals surface area contributed by atoms with E-state index in [1.807, 2.05) is 32.0 Å². The van der Waals surface area contributed by atoms with Crippen molar-refractivity contribution in [2.75, 3.05) is 12.4 Å². The molecule has 2 aliphatic rings. The van der Waals surface area contributed by atoms with E-state index < -0.39 is 5.92 Å². The average Bonchev–Trinajstić information content (AvgIpc) is 3.17. The number of amidine groups is 1. The van der Waals surface area contributed by atoms with Gasteiger partial charge in [-0.3, -0.25) is 14.6 Å². The molecule has 9 heteroatoms. The number of nitrogens with zero attached hydrogens (tertiary/aromatic N) is 6. The maximum Gasteiger partial charge on any atom is 0.265 e. The second-order valence-corrected chi connectivity index (χ2v) is 6.90. The molecule has 0 fully saturated rings. The number of hydrogen-bond donors (Lipinski definition) is 1. The molecular formula is C19H19N7O2. The molecule has 2 aliphatic heterocycles. The Morgan fingerprint density at radius 1 is 1.07 bits per heavy atom. The Morgan fingerprint density at radius 2 is 1.79 bits per heavy atom. The van der Waals surface area contributed by atoms with Gasteiger partial charge in [0.2, 0.25) is 0 Å². The lowest BCUT2D eigenvalue weighted by atomic mass is 10.1. The topological polar surface area (TPSA) is 104 Å². The molecule has 1 aromatic carbocycles. The zero-order chi connectivity index (χ0) is 20.0. The lowest BCUT2D eigenvalue weighted by Crippen LogP contribution is -2.35. The number of aryl methyl sites for hydroxylation is 3. The minimum Gasteiger partial charge on any atom is -0.306 e. The van der Waals surface area contributed by atoms with Gasteiger partial charge >= 0.3 is 0 Å². The molecule has 142 valence electrons. The molecule has 1 unspecified atom stereocenters. The van der Waals surface area contributed by atoms with Gasteiger partial charge in [0.25, 0.3) is 17.8 Å². The summed E-state index contributed by atoms with van der Waals surface area (Å²) in [5.74, 6) is -0.251. The Kier molecular flexibility index (Phi) is 4.14. The van der Waals surface area contributed by atoms with Crippen LogP contribution in [0.3, 0.4) is 0 Å². The summed E-state index contributed by atoms with van der Waals surface area (Å²) < 4.78 is 1.36. The van der Waals surface area contributed by atoms with Crippen LogP contribution >= 0.6 is 0 Å². The second kappa shape index (κ2) is 6.52. The zero-order valence-corrected chi connectivity index (χ0v) is 16.0. The number of rotatable bonds is 2. The lowest BCUT2D eigenvalue weighted by Gasteiger charge is -2.17. The van der Waals surface area contributed by atoms with E-state index in [9.17, 15) is 9.59 Å². The van der Waals surface area contributed by atoms with Crippen LogP contribution in [0.2, 0.25) is 0 Å². The van der Waals surface area contributed by atoms with E-state index in [2.05, 4.69) is 25.5 Å². The molecule has 0 spiro atoms. The quantitative estimate of drug-likeness (QED) is 0.861.